The summed E-state index contributed by atoms with van der Waals surface area (Å²) in [6.07, 6.45) is 3.94. The van der Waals surface area contributed by atoms with Gasteiger partial charge in [0.25, 0.3) is 5.91 Å². The average molecular weight is 354 g/mol. The Kier molecular flexibility index (Phi) is 5.76. The fourth-order valence-corrected chi connectivity index (χ4v) is 3.28. The van der Waals surface area contributed by atoms with E-state index in [1.54, 1.807) is 17.0 Å². The number of rotatable bonds is 5. The Balaban J connectivity index is 1.51. The standard InChI is InChI=1S/C21H26N2O3/c1-3-15(2)16-6-8-18(9-7-16)22-20(24)17-10-12-23(13-11-17)21(25)19-5-4-14-26-19/h4-9,14-15,17H,3,10-13H2,1-2H3,(H,22,24). The second-order valence-corrected chi connectivity index (χ2v) is 6.96. The molecule has 2 amide bonds. The van der Waals surface area contributed by atoms with Gasteiger partial charge < -0.3 is 14.6 Å². The molecular weight excluding hydrogens is 328 g/mol. The van der Waals surface area contributed by atoms with Crippen LogP contribution in [0, 0.1) is 5.92 Å². The van der Waals surface area contributed by atoms with Crippen LogP contribution in [-0.4, -0.2) is 29.8 Å². The summed E-state index contributed by atoms with van der Waals surface area (Å²) in [7, 11) is 0. The molecule has 0 saturated carbocycles. The Morgan fingerprint density at radius 1 is 1.19 bits per heavy atom. The highest BCUT2D eigenvalue weighted by atomic mass is 16.3. The first-order valence-corrected chi connectivity index (χ1v) is 9.32. The lowest BCUT2D eigenvalue weighted by molar-refractivity contribution is -0.121. The number of nitrogens with one attached hydrogen (secondary N) is 1. The van der Waals surface area contributed by atoms with Gasteiger partial charge in [0.15, 0.2) is 5.76 Å². The molecule has 2 heterocycles. The van der Waals surface area contributed by atoms with Gasteiger partial charge in [-0.2, -0.15) is 0 Å². The Morgan fingerprint density at radius 3 is 2.46 bits per heavy atom. The first kappa shape index (κ1) is 18.2. The molecular formula is C21H26N2O3. The van der Waals surface area contributed by atoms with Crippen molar-refractivity contribution in [1.82, 2.24) is 4.90 Å². The minimum Gasteiger partial charge on any atom is -0.459 e. The number of hydrogen-bond donors (Lipinski definition) is 1. The van der Waals surface area contributed by atoms with Crippen LogP contribution in [0.2, 0.25) is 0 Å². The number of carbonyl (C=O) groups is 2. The molecule has 0 bridgehead atoms. The fourth-order valence-electron chi connectivity index (χ4n) is 3.28. The van der Waals surface area contributed by atoms with Gasteiger partial charge in [0, 0.05) is 24.7 Å². The molecule has 1 unspecified atom stereocenters. The van der Waals surface area contributed by atoms with Crippen molar-refractivity contribution in [3.05, 3.63) is 54.0 Å². The Morgan fingerprint density at radius 2 is 1.88 bits per heavy atom. The van der Waals surface area contributed by atoms with Gasteiger partial charge in [-0.05, 0) is 55.0 Å². The Hall–Kier alpha value is -2.56. The van der Waals surface area contributed by atoms with Crippen molar-refractivity contribution in [3.8, 4) is 0 Å². The second-order valence-electron chi connectivity index (χ2n) is 6.96. The third kappa shape index (κ3) is 4.15. The molecule has 0 aliphatic carbocycles. The molecule has 5 heteroatoms. The number of piperidine rings is 1. The number of furan rings is 1. The van der Waals surface area contributed by atoms with Gasteiger partial charge in [0.2, 0.25) is 5.91 Å². The van der Waals surface area contributed by atoms with Gasteiger partial charge in [0.1, 0.15) is 0 Å². The van der Waals surface area contributed by atoms with E-state index in [2.05, 4.69) is 31.3 Å². The molecule has 5 nitrogen and oxygen atoms in total. The predicted molar refractivity (Wildman–Crippen MR) is 101 cm³/mol. The lowest BCUT2D eigenvalue weighted by Crippen LogP contribution is -2.41. The third-order valence-corrected chi connectivity index (χ3v) is 5.24. The number of amides is 2. The van der Waals surface area contributed by atoms with Crippen molar-refractivity contribution in [2.75, 3.05) is 18.4 Å². The monoisotopic (exact) mass is 354 g/mol. The van der Waals surface area contributed by atoms with Crippen LogP contribution in [0.25, 0.3) is 0 Å². The van der Waals surface area contributed by atoms with Crippen LogP contribution in [0.1, 0.15) is 55.1 Å². The second kappa shape index (κ2) is 8.21. The molecule has 26 heavy (non-hydrogen) atoms. The van der Waals surface area contributed by atoms with E-state index < -0.39 is 0 Å². The zero-order chi connectivity index (χ0) is 18.5. The van der Waals surface area contributed by atoms with E-state index in [9.17, 15) is 9.59 Å². The predicted octanol–water partition coefficient (Wildman–Crippen LogP) is 4.28. The van der Waals surface area contributed by atoms with Crippen LogP contribution in [-0.2, 0) is 4.79 Å². The fraction of sp³-hybridized carbons (Fsp3) is 0.429. The highest BCUT2D eigenvalue weighted by molar-refractivity contribution is 5.94. The van der Waals surface area contributed by atoms with Crippen LogP contribution >= 0.6 is 0 Å². The van der Waals surface area contributed by atoms with Crippen molar-refractivity contribution < 1.29 is 14.0 Å². The molecule has 1 aliphatic rings. The minimum atomic E-state index is -0.102. The molecule has 1 N–H and O–H groups in total. The molecule has 1 saturated heterocycles. The largest absolute Gasteiger partial charge is 0.459 e. The van der Waals surface area contributed by atoms with E-state index in [4.69, 9.17) is 4.42 Å². The molecule has 0 spiro atoms. The highest BCUT2D eigenvalue weighted by Gasteiger charge is 2.28. The van der Waals surface area contributed by atoms with Crippen LogP contribution in [0.4, 0.5) is 5.69 Å². The summed E-state index contributed by atoms with van der Waals surface area (Å²) < 4.78 is 5.17. The first-order valence-electron chi connectivity index (χ1n) is 9.32. The molecule has 0 radical (unpaired) electrons. The lowest BCUT2D eigenvalue weighted by atomic mass is 9.95. The molecule has 3 rings (SSSR count). The summed E-state index contributed by atoms with van der Waals surface area (Å²) in [5.41, 5.74) is 2.12. The first-order chi connectivity index (χ1) is 12.6. The number of carbonyl (C=O) groups excluding carboxylic acids is 2. The maximum atomic E-state index is 12.5. The summed E-state index contributed by atoms with van der Waals surface area (Å²) in [5.74, 6) is 0.746. The smallest absolute Gasteiger partial charge is 0.289 e. The topological polar surface area (TPSA) is 62.6 Å². The lowest BCUT2D eigenvalue weighted by Gasteiger charge is -2.30. The summed E-state index contributed by atoms with van der Waals surface area (Å²) >= 11 is 0. The normalized spacial score (nSPS) is 16.3. The Bertz CT molecular complexity index is 729. The molecule has 1 aromatic carbocycles. The van der Waals surface area contributed by atoms with Crippen LogP contribution in [0.5, 0.6) is 0 Å². The van der Waals surface area contributed by atoms with Crippen molar-refractivity contribution in [2.24, 2.45) is 5.92 Å². The van der Waals surface area contributed by atoms with Crippen molar-refractivity contribution in [1.29, 1.82) is 0 Å². The number of hydrogen-bond acceptors (Lipinski definition) is 3. The molecule has 1 aromatic heterocycles. The minimum absolute atomic E-state index is 0.0337. The van der Waals surface area contributed by atoms with E-state index in [0.29, 0.717) is 37.6 Å². The quantitative estimate of drug-likeness (QED) is 0.871. The van der Waals surface area contributed by atoms with Gasteiger partial charge in [-0.25, -0.2) is 0 Å². The number of benzene rings is 1. The molecule has 1 fully saturated rings. The van der Waals surface area contributed by atoms with E-state index in [1.807, 2.05) is 12.1 Å². The molecule has 2 aromatic rings. The van der Waals surface area contributed by atoms with Gasteiger partial charge in [0.05, 0.1) is 6.26 Å². The van der Waals surface area contributed by atoms with Gasteiger partial charge >= 0.3 is 0 Å². The molecule has 138 valence electrons. The molecule has 1 atom stereocenters. The van der Waals surface area contributed by atoms with Crippen molar-refractivity contribution in [3.63, 3.8) is 0 Å². The number of likely N-dealkylation sites (tertiary alicyclic amines) is 1. The number of nitrogens with zero attached hydrogens (tertiary/aromatic N) is 1. The Labute approximate surface area is 154 Å². The highest BCUT2D eigenvalue weighted by Crippen LogP contribution is 2.23. The van der Waals surface area contributed by atoms with Crippen molar-refractivity contribution >= 4 is 17.5 Å². The van der Waals surface area contributed by atoms with Gasteiger partial charge in [-0.15, -0.1) is 0 Å². The van der Waals surface area contributed by atoms with Crippen molar-refractivity contribution in [2.45, 2.75) is 39.0 Å². The SMILES string of the molecule is CCC(C)c1ccc(NC(=O)C2CCN(C(=O)c3ccco3)CC2)cc1. The van der Waals surface area contributed by atoms with Crippen LogP contribution in [0.15, 0.2) is 47.1 Å². The molecule has 1 aliphatic heterocycles. The van der Waals surface area contributed by atoms with E-state index >= 15 is 0 Å². The third-order valence-electron chi connectivity index (χ3n) is 5.24. The zero-order valence-corrected chi connectivity index (χ0v) is 15.4. The van der Waals surface area contributed by atoms with Gasteiger partial charge in [-0.3, -0.25) is 9.59 Å². The van der Waals surface area contributed by atoms with Gasteiger partial charge in [-0.1, -0.05) is 26.0 Å². The zero-order valence-electron chi connectivity index (χ0n) is 15.4. The van der Waals surface area contributed by atoms with Crippen LogP contribution in [0.3, 0.4) is 0 Å². The van der Waals surface area contributed by atoms with E-state index in [1.165, 1.54) is 11.8 Å². The number of anilines is 1. The maximum absolute atomic E-state index is 12.5. The maximum Gasteiger partial charge on any atom is 0.289 e. The van der Waals surface area contributed by atoms with E-state index in [0.717, 1.165) is 12.1 Å². The summed E-state index contributed by atoms with van der Waals surface area (Å²) in [5, 5.41) is 3.01. The summed E-state index contributed by atoms with van der Waals surface area (Å²) in [4.78, 5) is 26.5. The summed E-state index contributed by atoms with van der Waals surface area (Å²) in [6.45, 7) is 5.52. The average Bonchev–Trinajstić information content (AvgIpc) is 3.22. The summed E-state index contributed by atoms with van der Waals surface area (Å²) in [6, 6.07) is 11.5. The van der Waals surface area contributed by atoms with E-state index in [-0.39, 0.29) is 17.7 Å². The van der Waals surface area contributed by atoms with Crippen LogP contribution < -0.4 is 5.32 Å².